The van der Waals surface area contributed by atoms with Crippen LogP contribution in [0.5, 0.6) is 0 Å². The Hall–Kier alpha value is -1.45. The molecule has 3 N–H and O–H groups in total. The average Bonchev–Trinajstić information content (AvgIpc) is 2.92. The molecule has 0 spiro atoms. The van der Waals surface area contributed by atoms with Gasteiger partial charge in [0.05, 0.1) is 5.75 Å². The van der Waals surface area contributed by atoms with Gasteiger partial charge in [-0.3, -0.25) is 4.79 Å². The average molecular weight is 403 g/mol. The number of aromatic nitrogens is 3. The molecule has 1 aromatic heterocycles. The Labute approximate surface area is 159 Å². The standard InChI is InChI=1S/C17H24F3N5OS/c1-9(16-5-10-2-11(6-16)4-12(3-10)7-16)22-13(26)8-27-15-24-23-14(25(15)21)17(18,19)20/h9-12H,2-8,21H2,1H3,(H,22,26)/t9-,10?,11?,12?,16?/m1/s1. The number of hydrogen-bond acceptors (Lipinski definition) is 5. The van der Waals surface area contributed by atoms with Gasteiger partial charge in [-0.25, -0.2) is 4.68 Å². The summed E-state index contributed by atoms with van der Waals surface area (Å²) in [5.41, 5.74) is 0.187. The van der Waals surface area contributed by atoms with Gasteiger partial charge in [-0.05, 0) is 68.6 Å². The normalized spacial score (nSPS) is 33.3. The lowest BCUT2D eigenvalue weighted by atomic mass is 9.48. The van der Waals surface area contributed by atoms with Gasteiger partial charge >= 0.3 is 6.18 Å². The lowest BCUT2D eigenvalue weighted by Gasteiger charge is -2.59. The summed E-state index contributed by atoms with van der Waals surface area (Å²) in [4.78, 5) is 12.4. The minimum Gasteiger partial charge on any atom is -0.352 e. The molecule has 1 heterocycles. The first kappa shape index (κ1) is 18.9. The van der Waals surface area contributed by atoms with Gasteiger partial charge in [0.25, 0.3) is 5.82 Å². The Kier molecular flexibility index (Phi) is 4.59. The van der Waals surface area contributed by atoms with Crippen LogP contribution in [0, 0.1) is 23.2 Å². The zero-order valence-electron chi connectivity index (χ0n) is 15.1. The maximum Gasteiger partial charge on any atom is 0.453 e. The summed E-state index contributed by atoms with van der Waals surface area (Å²) in [5, 5.41) is 9.46. The fraction of sp³-hybridized carbons (Fsp3) is 0.824. The van der Waals surface area contributed by atoms with Crippen LogP contribution in [-0.4, -0.2) is 32.6 Å². The lowest BCUT2D eigenvalue weighted by Crippen LogP contribution is -2.56. The van der Waals surface area contributed by atoms with Crippen molar-refractivity contribution in [1.29, 1.82) is 0 Å². The van der Waals surface area contributed by atoms with Crippen LogP contribution in [-0.2, 0) is 11.0 Å². The largest absolute Gasteiger partial charge is 0.453 e. The number of nitrogen functional groups attached to an aromatic ring is 1. The zero-order chi connectivity index (χ0) is 19.4. The van der Waals surface area contributed by atoms with E-state index in [1.807, 2.05) is 0 Å². The van der Waals surface area contributed by atoms with Crippen molar-refractivity contribution in [3.8, 4) is 0 Å². The number of carbonyl (C=O) groups excluding carboxylic acids is 1. The van der Waals surface area contributed by atoms with E-state index >= 15 is 0 Å². The number of hydrogen-bond donors (Lipinski definition) is 2. The second-order valence-corrected chi connectivity index (χ2v) is 9.47. The number of amides is 1. The molecule has 4 aliphatic rings. The minimum absolute atomic E-state index is 0.0378. The summed E-state index contributed by atoms with van der Waals surface area (Å²) >= 11 is 0.863. The number of rotatable bonds is 5. The summed E-state index contributed by atoms with van der Waals surface area (Å²) < 4.78 is 38.5. The van der Waals surface area contributed by atoms with Crippen molar-refractivity contribution in [3.63, 3.8) is 0 Å². The molecular formula is C17H24F3N5OS. The third-order valence-corrected chi connectivity index (χ3v) is 7.58. The summed E-state index contributed by atoms with van der Waals surface area (Å²) in [5.74, 6) is 6.26. The van der Waals surface area contributed by atoms with Crippen LogP contribution in [0.1, 0.15) is 51.3 Å². The van der Waals surface area contributed by atoms with Crippen molar-refractivity contribution < 1.29 is 18.0 Å². The molecule has 0 unspecified atom stereocenters. The van der Waals surface area contributed by atoms with Crippen molar-refractivity contribution in [1.82, 2.24) is 20.2 Å². The molecule has 0 radical (unpaired) electrons. The first-order valence-electron chi connectivity index (χ1n) is 9.36. The van der Waals surface area contributed by atoms with Gasteiger partial charge in [0.15, 0.2) is 0 Å². The van der Waals surface area contributed by atoms with E-state index in [-0.39, 0.29) is 28.3 Å². The maximum absolute atomic E-state index is 12.7. The van der Waals surface area contributed by atoms with E-state index in [1.165, 1.54) is 38.5 Å². The van der Waals surface area contributed by atoms with E-state index in [0.717, 1.165) is 29.5 Å². The number of nitrogens with two attached hydrogens (primary N) is 1. The Bertz CT molecular complexity index is 699. The van der Waals surface area contributed by atoms with E-state index in [9.17, 15) is 18.0 Å². The Balaban J connectivity index is 1.34. The minimum atomic E-state index is -4.67. The van der Waals surface area contributed by atoms with E-state index in [2.05, 4.69) is 22.4 Å². The first-order valence-corrected chi connectivity index (χ1v) is 10.3. The fourth-order valence-electron chi connectivity index (χ4n) is 5.84. The number of alkyl halides is 3. The monoisotopic (exact) mass is 403 g/mol. The highest BCUT2D eigenvalue weighted by atomic mass is 32.2. The van der Waals surface area contributed by atoms with Crippen LogP contribution in [0.15, 0.2) is 5.16 Å². The van der Waals surface area contributed by atoms with Crippen LogP contribution in [0.2, 0.25) is 0 Å². The smallest absolute Gasteiger partial charge is 0.352 e. The van der Waals surface area contributed by atoms with E-state index in [4.69, 9.17) is 5.84 Å². The van der Waals surface area contributed by atoms with Gasteiger partial charge < -0.3 is 11.2 Å². The van der Waals surface area contributed by atoms with Crippen molar-refractivity contribution in [2.24, 2.45) is 23.2 Å². The van der Waals surface area contributed by atoms with Gasteiger partial charge in [0, 0.05) is 6.04 Å². The predicted molar refractivity (Wildman–Crippen MR) is 94.1 cm³/mol. The predicted octanol–water partition coefficient (Wildman–Crippen LogP) is 2.82. The maximum atomic E-state index is 12.7. The van der Waals surface area contributed by atoms with Gasteiger partial charge in [-0.15, -0.1) is 10.2 Å². The first-order chi connectivity index (χ1) is 12.7. The van der Waals surface area contributed by atoms with Crippen LogP contribution >= 0.6 is 11.8 Å². The highest BCUT2D eigenvalue weighted by Gasteiger charge is 2.53. The molecule has 4 aliphatic carbocycles. The number of halogens is 3. The van der Waals surface area contributed by atoms with Crippen LogP contribution in [0.4, 0.5) is 13.2 Å². The molecular weight excluding hydrogens is 379 g/mol. The molecule has 0 aliphatic heterocycles. The molecule has 1 aromatic rings. The van der Waals surface area contributed by atoms with Crippen LogP contribution < -0.4 is 11.2 Å². The zero-order valence-corrected chi connectivity index (χ0v) is 15.9. The van der Waals surface area contributed by atoms with E-state index in [1.54, 1.807) is 0 Å². The SMILES string of the molecule is C[C@@H](NC(=O)CSc1nnc(C(F)(F)F)n1N)C12CC3CC(CC(C3)C1)C2. The van der Waals surface area contributed by atoms with E-state index in [0.29, 0.717) is 4.68 Å². The third-order valence-electron chi connectivity index (χ3n) is 6.63. The Morgan fingerprint density at radius 1 is 1.26 bits per heavy atom. The summed E-state index contributed by atoms with van der Waals surface area (Å²) in [7, 11) is 0. The van der Waals surface area contributed by atoms with Gasteiger partial charge in [-0.1, -0.05) is 11.8 Å². The van der Waals surface area contributed by atoms with Gasteiger partial charge in [-0.2, -0.15) is 13.2 Å². The molecule has 150 valence electrons. The highest BCUT2D eigenvalue weighted by molar-refractivity contribution is 7.99. The molecule has 4 bridgehead atoms. The van der Waals surface area contributed by atoms with Crippen LogP contribution in [0.3, 0.4) is 0 Å². The molecule has 4 fully saturated rings. The van der Waals surface area contributed by atoms with Crippen molar-refractivity contribution in [3.05, 3.63) is 5.82 Å². The number of thioether (sulfide) groups is 1. The number of carbonyl (C=O) groups is 1. The number of nitrogens with zero attached hydrogens (tertiary/aromatic N) is 3. The van der Waals surface area contributed by atoms with Crippen molar-refractivity contribution >= 4 is 17.7 Å². The molecule has 6 nitrogen and oxygen atoms in total. The summed E-state index contributed by atoms with van der Waals surface area (Å²) in [6, 6.07) is 0.0699. The molecule has 27 heavy (non-hydrogen) atoms. The van der Waals surface area contributed by atoms with E-state index < -0.39 is 12.0 Å². The molecule has 0 aromatic carbocycles. The number of nitrogens with one attached hydrogen (secondary N) is 1. The topological polar surface area (TPSA) is 85.8 Å². The summed E-state index contributed by atoms with van der Waals surface area (Å²) in [6.07, 6.45) is 2.88. The molecule has 4 saturated carbocycles. The molecule has 1 atom stereocenters. The Morgan fingerprint density at radius 3 is 2.30 bits per heavy atom. The fourth-order valence-corrected chi connectivity index (χ4v) is 6.51. The second kappa shape index (κ2) is 6.56. The highest BCUT2D eigenvalue weighted by Crippen LogP contribution is 2.61. The molecule has 5 rings (SSSR count). The molecule has 0 saturated heterocycles. The van der Waals surface area contributed by atoms with Gasteiger partial charge in [0.1, 0.15) is 0 Å². The molecule has 1 amide bonds. The lowest BCUT2D eigenvalue weighted by molar-refractivity contribution is -0.146. The van der Waals surface area contributed by atoms with Crippen LogP contribution in [0.25, 0.3) is 0 Å². The van der Waals surface area contributed by atoms with Gasteiger partial charge in [0.2, 0.25) is 11.1 Å². The second-order valence-electron chi connectivity index (χ2n) is 8.53. The quantitative estimate of drug-likeness (QED) is 0.583. The summed E-state index contributed by atoms with van der Waals surface area (Å²) in [6.45, 7) is 2.07. The third kappa shape index (κ3) is 3.52. The van der Waals surface area contributed by atoms with Crippen molar-refractivity contribution in [2.45, 2.75) is 62.8 Å². The Morgan fingerprint density at radius 2 is 1.81 bits per heavy atom. The molecule has 10 heteroatoms. The van der Waals surface area contributed by atoms with Crippen molar-refractivity contribution in [2.75, 3.05) is 11.6 Å².